The Kier molecular flexibility index (Phi) is 4.41. The minimum Gasteiger partial charge on any atom is -0.385 e. The molecular formula is C18H25NO. The number of ether oxygens (including phenoxy) is 1. The predicted octanol–water partition coefficient (Wildman–Crippen LogP) is 3.59. The van der Waals surface area contributed by atoms with Gasteiger partial charge in [-0.1, -0.05) is 56.2 Å². The highest BCUT2D eigenvalue weighted by atomic mass is 16.5. The molecule has 108 valence electrons. The minimum absolute atomic E-state index is 0.269. The van der Waals surface area contributed by atoms with Crippen LogP contribution in [0.5, 0.6) is 0 Å². The summed E-state index contributed by atoms with van der Waals surface area (Å²) < 4.78 is 5.96. The van der Waals surface area contributed by atoms with E-state index in [9.17, 15) is 0 Å². The van der Waals surface area contributed by atoms with Gasteiger partial charge in [-0.05, 0) is 18.4 Å². The summed E-state index contributed by atoms with van der Waals surface area (Å²) in [5.41, 5.74) is 1.30. The van der Waals surface area contributed by atoms with Crippen molar-refractivity contribution < 1.29 is 4.74 Å². The van der Waals surface area contributed by atoms with Crippen LogP contribution >= 0.6 is 0 Å². The van der Waals surface area contributed by atoms with E-state index in [2.05, 4.69) is 54.8 Å². The molecule has 0 amide bonds. The summed E-state index contributed by atoms with van der Waals surface area (Å²) in [4.78, 5) is 0. The van der Waals surface area contributed by atoms with Gasteiger partial charge in [0.15, 0.2) is 0 Å². The van der Waals surface area contributed by atoms with Gasteiger partial charge in [0.1, 0.15) is 0 Å². The Morgan fingerprint density at radius 1 is 1.15 bits per heavy atom. The maximum Gasteiger partial charge on any atom is 0.0827 e. The molecule has 1 aliphatic heterocycles. The molecule has 0 aromatic heterocycles. The van der Waals surface area contributed by atoms with Crippen LogP contribution in [-0.4, -0.2) is 19.3 Å². The number of allylic oxidation sites excluding steroid dienone is 4. The van der Waals surface area contributed by atoms with Crippen LogP contribution in [-0.2, 0) is 4.74 Å². The monoisotopic (exact) mass is 271 g/mol. The lowest BCUT2D eigenvalue weighted by Gasteiger charge is -2.41. The molecular weight excluding hydrogens is 246 g/mol. The smallest absolute Gasteiger partial charge is 0.0827 e. The Bertz CT molecular complexity index is 446. The summed E-state index contributed by atoms with van der Waals surface area (Å²) in [7, 11) is 0. The van der Waals surface area contributed by atoms with Gasteiger partial charge < -0.3 is 10.1 Å². The maximum absolute atomic E-state index is 5.96. The molecule has 2 nitrogen and oxygen atoms in total. The zero-order valence-corrected chi connectivity index (χ0v) is 12.3. The van der Waals surface area contributed by atoms with Gasteiger partial charge in [0.05, 0.1) is 12.7 Å². The summed E-state index contributed by atoms with van der Waals surface area (Å²) in [6.45, 7) is 4.18. The number of fused-ring (bicyclic) bond motifs is 3. The van der Waals surface area contributed by atoms with Gasteiger partial charge in [0, 0.05) is 24.1 Å². The number of hydrogen-bond acceptors (Lipinski definition) is 2. The average Bonchev–Trinajstić information content (AvgIpc) is 2.51. The van der Waals surface area contributed by atoms with E-state index < -0.39 is 0 Å². The summed E-state index contributed by atoms with van der Waals surface area (Å²) in [5.74, 6) is 1.61. The first-order valence-electron chi connectivity index (χ1n) is 7.99. The molecule has 1 N–H and O–H groups in total. The van der Waals surface area contributed by atoms with Crippen molar-refractivity contribution >= 4 is 0 Å². The average molecular weight is 271 g/mol. The second kappa shape index (κ2) is 6.45. The summed E-state index contributed by atoms with van der Waals surface area (Å²) in [6, 6.07) is 0. The third-order valence-electron chi connectivity index (χ3n) is 4.55. The lowest BCUT2D eigenvalue weighted by atomic mass is 9.73. The normalized spacial score (nSPS) is 34.4. The third kappa shape index (κ3) is 2.90. The predicted molar refractivity (Wildman–Crippen MR) is 83.2 cm³/mol. The fourth-order valence-electron chi connectivity index (χ4n) is 3.37. The maximum atomic E-state index is 5.96. The first-order valence-corrected chi connectivity index (χ1v) is 7.99. The molecule has 0 saturated carbocycles. The molecule has 0 aromatic rings. The molecule has 3 aliphatic rings. The molecule has 4 atom stereocenters. The van der Waals surface area contributed by atoms with Crippen molar-refractivity contribution in [2.24, 2.45) is 17.8 Å². The van der Waals surface area contributed by atoms with Crippen LogP contribution in [0.4, 0.5) is 0 Å². The lowest BCUT2D eigenvalue weighted by Crippen LogP contribution is -2.41. The number of hydrogen-bond donors (Lipinski definition) is 1. The quantitative estimate of drug-likeness (QED) is 0.772. The highest BCUT2D eigenvalue weighted by molar-refractivity contribution is 5.29. The van der Waals surface area contributed by atoms with Gasteiger partial charge in [-0.3, -0.25) is 0 Å². The van der Waals surface area contributed by atoms with E-state index in [1.807, 2.05) is 0 Å². The molecule has 1 heterocycles. The van der Waals surface area contributed by atoms with E-state index in [4.69, 9.17) is 4.74 Å². The first kappa shape index (κ1) is 13.7. The van der Waals surface area contributed by atoms with Gasteiger partial charge in [-0.25, -0.2) is 0 Å². The van der Waals surface area contributed by atoms with E-state index in [1.165, 1.54) is 25.0 Å². The van der Waals surface area contributed by atoms with Gasteiger partial charge in [-0.15, -0.1) is 0 Å². The van der Waals surface area contributed by atoms with Crippen LogP contribution in [0.15, 0.2) is 48.2 Å². The fourth-order valence-corrected chi connectivity index (χ4v) is 3.37. The Morgan fingerprint density at radius 2 is 2.05 bits per heavy atom. The molecule has 0 radical (unpaired) electrons. The third-order valence-corrected chi connectivity index (χ3v) is 4.55. The van der Waals surface area contributed by atoms with Crippen LogP contribution in [0, 0.1) is 17.8 Å². The van der Waals surface area contributed by atoms with Gasteiger partial charge in [0.25, 0.3) is 0 Å². The number of nitrogens with one attached hydrogen (secondary N) is 1. The molecule has 1 fully saturated rings. The van der Waals surface area contributed by atoms with Crippen molar-refractivity contribution in [3.8, 4) is 0 Å². The van der Waals surface area contributed by atoms with Gasteiger partial charge in [0.2, 0.25) is 0 Å². The molecule has 0 spiro atoms. The molecule has 0 aromatic carbocycles. The Balaban J connectivity index is 1.64. The van der Waals surface area contributed by atoms with E-state index >= 15 is 0 Å². The topological polar surface area (TPSA) is 21.3 Å². The second-order valence-corrected chi connectivity index (χ2v) is 6.00. The summed E-state index contributed by atoms with van der Waals surface area (Å²) >= 11 is 0. The molecule has 2 aliphatic carbocycles. The Hall–Kier alpha value is -1.28. The Labute approximate surface area is 122 Å². The zero-order valence-electron chi connectivity index (χ0n) is 12.3. The van der Waals surface area contributed by atoms with Crippen molar-refractivity contribution in [3.05, 3.63) is 48.2 Å². The Morgan fingerprint density at radius 3 is 2.95 bits per heavy atom. The van der Waals surface area contributed by atoms with Crippen LogP contribution in [0.2, 0.25) is 0 Å². The molecule has 4 unspecified atom stereocenters. The highest BCUT2D eigenvalue weighted by Crippen LogP contribution is 2.38. The van der Waals surface area contributed by atoms with Crippen LogP contribution in [0.25, 0.3) is 0 Å². The molecule has 2 heteroatoms. The van der Waals surface area contributed by atoms with Crippen molar-refractivity contribution in [2.45, 2.75) is 32.3 Å². The SMILES string of the molecule is CCCCCNC1=CC2C(C=C1)COC1C=CC=CC12. The number of rotatable bonds is 5. The van der Waals surface area contributed by atoms with Crippen LogP contribution in [0.3, 0.4) is 0 Å². The van der Waals surface area contributed by atoms with E-state index in [0.717, 1.165) is 13.2 Å². The van der Waals surface area contributed by atoms with E-state index in [1.54, 1.807) is 0 Å². The first-order chi connectivity index (χ1) is 9.88. The largest absolute Gasteiger partial charge is 0.385 e. The highest BCUT2D eigenvalue weighted by Gasteiger charge is 2.37. The standard InChI is InChI=1S/C18H25NO/c1-2-3-6-11-19-15-10-9-14-13-20-18-8-5-4-7-16(18)17(14)12-15/h4-5,7-10,12,14,16-19H,2-3,6,11,13H2,1H3. The number of unbranched alkanes of at least 4 members (excludes halogenated alkanes) is 2. The minimum atomic E-state index is 0.269. The summed E-state index contributed by atoms with van der Waals surface area (Å²) in [6.07, 6.45) is 19.9. The summed E-state index contributed by atoms with van der Waals surface area (Å²) in [5, 5.41) is 3.58. The van der Waals surface area contributed by atoms with Crippen molar-refractivity contribution in [2.75, 3.05) is 13.2 Å². The van der Waals surface area contributed by atoms with Crippen LogP contribution < -0.4 is 5.32 Å². The van der Waals surface area contributed by atoms with Gasteiger partial charge >= 0.3 is 0 Å². The van der Waals surface area contributed by atoms with E-state index in [-0.39, 0.29) is 6.10 Å². The van der Waals surface area contributed by atoms with Crippen LogP contribution in [0.1, 0.15) is 26.2 Å². The molecule has 0 bridgehead atoms. The molecule has 20 heavy (non-hydrogen) atoms. The second-order valence-electron chi connectivity index (χ2n) is 6.00. The molecule has 1 saturated heterocycles. The molecule has 3 rings (SSSR count). The van der Waals surface area contributed by atoms with Gasteiger partial charge in [-0.2, -0.15) is 0 Å². The van der Waals surface area contributed by atoms with Crippen molar-refractivity contribution in [1.82, 2.24) is 5.32 Å². The van der Waals surface area contributed by atoms with Crippen molar-refractivity contribution in [3.63, 3.8) is 0 Å². The zero-order chi connectivity index (χ0) is 13.8. The van der Waals surface area contributed by atoms with Crippen molar-refractivity contribution in [1.29, 1.82) is 0 Å². The van der Waals surface area contributed by atoms with E-state index in [0.29, 0.717) is 17.8 Å². The lowest BCUT2D eigenvalue weighted by molar-refractivity contribution is -0.0264. The fraction of sp³-hybridized carbons (Fsp3) is 0.556.